The first-order valence-electron chi connectivity index (χ1n) is 5.97. The average Bonchev–Trinajstić information content (AvgIpc) is 2.61. The molecule has 0 aliphatic carbocycles. The van der Waals surface area contributed by atoms with Crippen LogP contribution in [0.1, 0.15) is 31.1 Å². The Labute approximate surface area is 111 Å². The Bertz CT molecular complexity index is 482. The van der Waals surface area contributed by atoms with Crippen LogP contribution in [0.3, 0.4) is 0 Å². The van der Waals surface area contributed by atoms with Crippen LogP contribution >= 0.6 is 0 Å². The lowest BCUT2D eigenvalue weighted by atomic mass is 10.1. The summed E-state index contributed by atoms with van der Waals surface area (Å²) in [5.41, 5.74) is -0.905. The van der Waals surface area contributed by atoms with Crippen LogP contribution in [0.4, 0.5) is 0 Å². The minimum atomic E-state index is -1.30. The van der Waals surface area contributed by atoms with Crippen molar-refractivity contribution < 1.29 is 23.8 Å². The second-order valence-corrected chi connectivity index (χ2v) is 5.02. The number of benzene rings is 1. The molecule has 1 saturated heterocycles. The number of carbonyl (C=O) groups excluding carboxylic acids is 2. The van der Waals surface area contributed by atoms with Gasteiger partial charge in [-0.25, -0.2) is 4.79 Å². The third kappa shape index (κ3) is 2.83. The molecule has 0 N–H and O–H groups in total. The van der Waals surface area contributed by atoms with E-state index in [9.17, 15) is 9.59 Å². The molecule has 1 aliphatic heterocycles. The largest absolute Gasteiger partial charge is 0.428 e. The van der Waals surface area contributed by atoms with Crippen molar-refractivity contribution in [1.29, 1.82) is 0 Å². The zero-order valence-electron chi connectivity index (χ0n) is 11.1. The van der Waals surface area contributed by atoms with Gasteiger partial charge in [-0.1, -0.05) is 18.2 Å². The smallest absolute Gasteiger partial charge is 0.340 e. The first-order valence-corrected chi connectivity index (χ1v) is 5.97. The zero-order chi connectivity index (χ0) is 14.1. The van der Waals surface area contributed by atoms with Crippen molar-refractivity contribution in [3.63, 3.8) is 0 Å². The lowest BCUT2D eigenvalue weighted by Crippen LogP contribution is -2.41. The van der Waals surface area contributed by atoms with Gasteiger partial charge < -0.3 is 14.2 Å². The van der Waals surface area contributed by atoms with Gasteiger partial charge in [-0.15, -0.1) is 0 Å². The third-order valence-corrected chi connectivity index (χ3v) is 2.78. The van der Waals surface area contributed by atoms with Gasteiger partial charge in [-0.3, -0.25) is 4.79 Å². The van der Waals surface area contributed by atoms with E-state index in [1.165, 1.54) is 6.92 Å². The molecular weight excluding hydrogens is 248 g/mol. The summed E-state index contributed by atoms with van der Waals surface area (Å²) < 4.78 is 16.1. The fourth-order valence-corrected chi connectivity index (χ4v) is 1.94. The lowest BCUT2D eigenvalue weighted by Gasteiger charge is -2.21. The zero-order valence-corrected chi connectivity index (χ0v) is 11.1. The quantitative estimate of drug-likeness (QED) is 0.616. The second kappa shape index (κ2) is 4.75. The standard InChI is InChI=1S/C14H16O5/c1-13(2)18-12(14(3,9-15)19-13)17-11(16)10-7-5-4-6-8-10/h4-9,12H,1-3H3. The number of hydrogen-bond acceptors (Lipinski definition) is 5. The molecule has 102 valence electrons. The molecule has 0 spiro atoms. The van der Waals surface area contributed by atoms with Gasteiger partial charge in [-0.2, -0.15) is 0 Å². The number of hydrogen-bond donors (Lipinski definition) is 0. The summed E-state index contributed by atoms with van der Waals surface area (Å²) >= 11 is 0. The van der Waals surface area contributed by atoms with Crippen LogP contribution in [0, 0.1) is 0 Å². The van der Waals surface area contributed by atoms with Gasteiger partial charge in [0.25, 0.3) is 0 Å². The maximum Gasteiger partial charge on any atom is 0.340 e. The van der Waals surface area contributed by atoms with Gasteiger partial charge in [0, 0.05) is 0 Å². The predicted octanol–water partition coefficient (Wildman–Crippen LogP) is 1.91. The number of rotatable bonds is 3. The highest BCUT2D eigenvalue weighted by Crippen LogP contribution is 2.35. The van der Waals surface area contributed by atoms with Gasteiger partial charge in [0.1, 0.15) is 0 Å². The van der Waals surface area contributed by atoms with E-state index >= 15 is 0 Å². The molecule has 1 aliphatic rings. The van der Waals surface area contributed by atoms with Crippen LogP contribution in [0.25, 0.3) is 0 Å². The molecule has 2 atom stereocenters. The highest BCUT2D eigenvalue weighted by Gasteiger charge is 2.52. The minimum Gasteiger partial charge on any atom is -0.428 e. The van der Waals surface area contributed by atoms with E-state index in [0.29, 0.717) is 11.8 Å². The molecule has 0 amide bonds. The molecule has 5 heteroatoms. The van der Waals surface area contributed by atoms with Crippen LogP contribution in [0.2, 0.25) is 0 Å². The van der Waals surface area contributed by atoms with Crippen molar-refractivity contribution in [1.82, 2.24) is 0 Å². The summed E-state index contributed by atoms with van der Waals surface area (Å²) in [5, 5.41) is 0. The molecule has 0 aromatic heterocycles. The summed E-state index contributed by atoms with van der Waals surface area (Å²) in [6, 6.07) is 8.50. The van der Waals surface area contributed by atoms with Gasteiger partial charge in [0.15, 0.2) is 17.7 Å². The maximum atomic E-state index is 11.9. The molecule has 1 heterocycles. The fraction of sp³-hybridized carbons (Fsp3) is 0.429. The first kappa shape index (κ1) is 13.7. The van der Waals surface area contributed by atoms with Crippen LogP contribution in [-0.2, 0) is 19.0 Å². The van der Waals surface area contributed by atoms with Gasteiger partial charge in [0.2, 0.25) is 6.29 Å². The Balaban J connectivity index is 2.14. The van der Waals surface area contributed by atoms with E-state index in [2.05, 4.69) is 0 Å². The highest BCUT2D eigenvalue weighted by molar-refractivity contribution is 5.89. The van der Waals surface area contributed by atoms with E-state index in [1.807, 2.05) is 0 Å². The Kier molecular flexibility index (Phi) is 3.43. The van der Waals surface area contributed by atoms with Crippen molar-refractivity contribution in [2.24, 2.45) is 0 Å². The van der Waals surface area contributed by atoms with Crippen molar-refractivity contribution in [3.8, 4) is 0 Å². The van der Waals surface area contributed by atoms with Crippen LogP contribution < -0.4 is 0 Å². The van der Waals surface area contributed by atoms with Crippen LogP contribution in [0.5, 0.6) is 0 Å². The first-order chi connectivity index (χ1) is 8.86. The summed E-state index contributed by atoms with van der Waals surface area (Å²) in [4.78, 5) is 23.1. The molecule has 2 unspecified atom stereocenters. The number of esters is 1. The maximum absolute atomic E-state index is 11.9. The van der Waals surface area contributed by atoms with E-state index in [-0.39, 0.29) is 0 Å². The highest BCUT2D eigenvalue weighted by atomic mass is 16.8. The summed E-state index contributed by atoms with van der Waals surface area (Å²) in [6.07, 6.45) is -0.474. The Hall–Kier alpha value is -1.72. The topological polar surface area (TPSA) is 61.8 Å². The van der Waals surface area contributed by atoms with E-state index in [1.54, 1.807) is 44.2 Å². The monoisotopic (exact) mass is 264 g/mol. The third-order valence-electron chi connectivity index (χ3n) is 2.78. The summed E-state index contributed by atoms with van der Waals surface area (Å²) in [5.74, 6) is -1.53. The van der Waals surface area contributed by atoms with Crippen LogP contribution in [0.15, 0.2) is 30.3 Å². The average molecular weight is 264 g/mol. The molecule has 1 aromatic carbocycles. The van der Waals surface area contributed by atoms with E-state index in [0.717, 1.165) is 0 Å². The Morgan fingerprint density at radius 2 is 1.89 bits per heavy atom. The molecule has 2 rings (SSSR count). The molecule has 0 saturated carbocycles. The van der Waals surface area contributed by atoms with Crippen LogP contribution in [-0.4, -0.2) is 29.9 Å². The van der Waals surface area contributed by atoms with Gasteiger partial charge in [0.05, 0.1) is 5.56 Å². The van der Waals surface area contributed by atoms with E-state index in [4.69, 9.17) is 14.2 Å². The SMILES string of the molecule is CC1(C)OC(OC(=O)c2ccccc2)C(C)(C=O)O1. The Morgan fingerprint density at radius 1 is 1.26 bits per heavy atom. The predicted molar refractivity (Wildman–Crippen MR) is 66.4 cm³/mol. The van der Waals surface area contributed by atoms with E-state index < -0.39 is 23.6 Å². The minimum absolute atomic E-state index is 0.393. The Morgan fingerprint density at radius 3 is 2.47 bits per heavy atom. The molecule has 1 fully saturated rings. The normalized spacial score (nSPS) is 28.9. The fourth-order valence-electron chi connectivity index (χ4n) is 1.94. The summed E-state index contributed by atoms with van der Waals surface area (Å²) in [7, 11) is 0. The molecule has 5 nitrogen and oxygen atoms in total. The second-order valence-electron chi connectivity index (χ2n) is 5.02. The van der Waals surface area contributed by atoms with Crippen molar-refractivity contribution in [2.45, 2.75) is 38.4 Å². The summed E-state index contributed by atoms with van der Waals surface area (Å²) in [6.45, 7) is 4.84. The molecular formula is C14H16O5. The molecule has 0 radical (unpaired) electrons. The lowest BCUT2D eigenvalue weighted by molar-refractivity contribution is -0.177. The van der Waals surface area contributed by atoms with Gasteiger partial charge >= 0.3 is 5.97 Å². The number of carbonyl (C=O) groups is 2. The number of aldehydes is 1. The van der Waals surface area contributed by atoms with Crippen molar-refractivity contribution >= 4 is 12.3 Å². The molecule has 19 heavy (non-hydrogen) atoms. The van der Waals surface area contributed by atoms with Crippen molar-refractivity contribution in [3.05, 3.63) is 35.9 Å². The van der Waals surface area contributed by atoms with Crippen molar-refractivity contribution in [2.75, 3.05) is 0 Å². The molecule has 0 bridgehead atoms. The van der Waals surface area contributed by atoms with Gasteiger partial charge in [-0.05, 0) is 32.9 Å². The number of ether oxygens (including phenoxy) is 3. The molecule has 1 aromatic rings.